The SMILES string of the molecule is CN(CC1CCCC1)c1ncnc(NN)c1[N+](=O)[O-]. The zero-order chi connectivity index (χ0) is 13.8. The molecular formula is C11H18N6O2. The summed E-state index contributed by atoms with van der Waals surface area (Å²) in [6.45, 7) is 0.766. The number of nitro groups is 1. The fourth-order valence-electron chi connectivity index (χ4n) is 2.59. The maximum atomic E-state index is 11.1. The van der Waals surface area contributed by atoms with E-state index in [4.69, 9.17) is 5.84 Å². The molecule has 104 valence electrons. The highest BCUT2D eigenvalue weighted by Crippen LogP contribution is 2.32. The van der Waals surface area contributed by atoms with Crippen LogP contribution < -0.4 is 16.2 Å². The molecule has 3 N–H and O–H groups in total. The van der Waals surface area contributed by atoms with Crippen molar-refractivity contribution in [2.24, 2.45) is 11.8 Å². The average Bonchev–Trinajstić information content (AvgIpc) is 2.90. The van der Waals surface area contributed by atoms with E-state index in [1.165, 1.54) is 32.0 Å². The molecule has 0 amide bonds. The number of anilines is 2. The smallest absolute Gasteiger partial charge is 0.354 e. The molecule has 1 aliphatic rings. The monoisotopic (exact) mass is 266 g/mol. The lowest BCUT2D eigenvalue weighted by atomic mass is 10.1. The van der Waals surface area contributed by atoms with Crippen LogP contribution in [0.1, 0.15) is 25.7 Å². The van der Waals surface area contributed by atoms with Crippen LogP contribution in [0.25, 0.3) is 0 Å². The van der Waals surface area contributed by atoms with Crippen LogP contribution >= 0.6 is 0 Å². The Labute approximate surface area is 111 Å². The molecule has 2 rings (SSSR count). The van der Waals surface area contributed by atoms with Crippen molar-refractivity contribution in [1.82, 2.24) is 9.97 Å². The third-order valence-electron chi connectivity index (χ3n) is 3.49. The van der Waals surface area contributed by atoms with Gasteiger partial charge >= 0.3 is 5.69 Å². The number of hydrogen-bond donors (Lipinski definition) is 2. The molecule has 1 saturated carbocycles. The zero-order valence-electron chi connectivity index (χ0n) is 10.9. The third-order valence-corrected chi connectivity index (χ3v) is 3.49. The van der Waals surface area contributed by atoms with Crippen molar-refractivity contribution < 1.29 is 4.92 Å². The van der Waals surface area contributed by atoms with Gasteiger partial charge in [-0.05, 0) is 18.8 Å². The van der Waals surface area contributed by atoms with Crippen LogP contribution in [0.4, 0.5) is 17.3 Å². The lowest BCUT2D eigenvalue weighted by Crippen LogP contribution is -2.26. The van der Waals surface area contributed by atoms with Crippen LogP contribution in [-0.2, 0) is 0 Å². The van der Waals surface area contributed by atoms with Gasteiger partial charge in [-0.15, -0.1) is 0 Å². The first kappa shape index (κ1) is 13.5. The summed E-state index contributed by atoms with van der Waals surface area (Å²) >= 11 is 0. The highest BCUT2D eigenvalue weighted by Gasteiger charge is 2.27. The summed E-state index contributed by atoms with van der Waals surface area (Å²) < 4.78 is 0. The van der Waals surface area contributed by atoms with Gasteiger partial charge in [-0.1, -0.05) is 12.8 Å². The Bertz CT molecular complexity index is 460. The molecule has 1 fully saturated rings. The van der Waals surface area contributed by atoms with Gasteiger partial charge in [0.2, 0.25) is 11.6 Å². The second-order valence-electron chi connectivity index (χ2n) is 4.83. The molecular weight excluding hydrogens is 248 g/mol. The van der Waals surface area contributed by atoms with Crippen LogP contribution in [0.5, 0.6) is 0 Å². The second kappa shape index (κ2) is 5.79. The molecule has 0 spiro atoms. The molecule has 0 aromatic carbocycles. The number of rotatable bonds is 5. The molecule has 1 aromatic heterocycles. The Morgan fingerprint density at radius 3 is 2.79 bits per heavy atom. The van der Waals surface area contributed by atoms with Gasteiger partial charge in [0.05, 0.1) is 4.92 Å². The molecule has 0 radical (unpaired) electrons. The minimum atomic E-state index is -0.504. The first-order chi connectivity index (χ1) is 9.13. The van der Waals surface area contributed by atoms with Crippen LogP contribution in [0.15, 0.2) is 6.33 Å². The molecule has 0 bridgehead atoms. The Morgan fingerprint density at radius 2 is 2.21 bits per heavy atom. The average molecular weight is 266 g/mol. The predicted molar refractivity (Wildman–Crippen MR) is 71.7 cm³/mol. The van der Waals surface area contributed by atoms with Crippen LogP contribution in [0, 0.1) is 16.0 Å². The number of nitrogen functional groups attached to an aromatic ring is 1. The first-order valence-electron chi connectivity index (χ1n) is 6.30. The lowest BCUT2D eigenvalue weighted by Gasteiger charge is -2.21. The lowest BCUT2D eigenvalue weighted by molar-refractivity contribution is -0.383. The van der Waals surface area contributed by atoms with E-state index in [0.717, 1.165) is 6.54 Å². The number of nitrogens with two attached hydrogens (primary N) is 1. The fraction of sp³-hybridized carbons (Fsp3) is 0.636. The predicted octanol–water partition coefficient (Wildman–Crippen LogP) is 1.30. The molecule has 0 atom stereocenters. The van der Waals surface area contributed by atoms with E-state index in [0.29, 0.717) is 11.7 Å². The number of nitrogens with zero attached hydrogens (tertiary/aromatic N) is 4. The van der Waals surface area contributed by atoms with Crippen molar-refractivity contribution in [3.63, 3.8) is 0 Å². The number of nitrogens with one attached hydrogen (secondary N) is 1. The number of aromatic nitrogens is 2. The van der Waals surface area contributed by atoms with E-state index in [2.05, 4.69) is 15.4 Å². The maximum absolute atomic E-state index is 11.1. The van der Waals surface area contributed by atoms with Crippen molar-refractivity contribution in [2.75, 3.05) is 23.9 Å². The van der Waals surface area contributed by atoms with Crippen LogP contribution in [0.3, 0.4) is 0 Å². The van der Waals surface area contributed by atoms with Crippen molar-refractivity contribution in [2.45, 2.75) is 25.7 Å². The molecule has 19 heavy (non-hydrogen) atoms. The van der Waals surface area contributed by atoms with Gasteiger partial charge in [-0.3, -0.25) is 10.1 Å². The van der Waals surface area contributed by atoms with Crippen LogP contribution in [-0.4, -0.2) is 28.5 Å². The minimum Gasteiger partial charge on any atom is -0.354 e. The van der Waals surface area contributed by atoms with Gasteiger partial charge < -0.3 is 10.3 Å². The van der Waals surface area contributed by atoms with E-state index < -0.39 is 4.92 Å². The van der Waals surface area contributed by atoms with Crippen molar-refractivity contribution in [1.29, 1.82) is 0 Å². The Kier molecular flexibility index (Phi) is 4.10. The van der Waals surface area contributed by atoms with E-state index >= 15 is 0 Å². The topological polar surface area (TPSA) is 110 Å². The van der Waals surface area contributed by atoms with Crippen LogP contribution in [0.2, 0.25) is 0 Å². The Hall–Kier alpha value is -1.96. The first-order valence-corrected chi connectivity index (χ1v) is 6.30. The van der Waals surface area contributed by atoms with Gasteiger partial charge in [-0.25, -0.2) is 15.8 Å². The molecule has 1 aromatic rings. The summed E-state index contributed by atoms with van der Waals surface area (Å²) in [4.78, 5) is 20.3. The summed E-state index contributed by atoms with van der Waals surface area (Å²) in [6.07, 6.45) is 6.10. The standard InChI is InChI=1S/C11H18N6O2/c1-16(6-8-4-2-3-5-8)11-9(17(18)19)10(15-12)13-7-14-11/h7-8H,2-6,12H2,1H3,(H,13,14,15). The van der Waals surface area contributed by atoms with E-state index in [1.807, 2.05) is 11.9 Å². The third kappa shape index (κ3) is 2.90. The van der Waals surface area contributed by atoms with E-state index in [-0.39, 0.29) is 11.5 Å². The van der Waals surface area contributed by atoms with Gasteiger partial charge in [0.15, 0.2) is 0 Å². The van der Waals surface area contributed by atoms with Gasteiger partial charge in [0.25, 0.3) is 0 Å². The van der Waals surface area contributed by atoms with Crippen molar-refractivity contribution in [3.8, 4) is 0 Å². The molecule has 0 saturated heterocycles. The quantitative estimate of drug-likeness (QED) is 0.469. The molecule has 1 heterocycles. The largest absolute Gasteiger partial charge is 0.354 e. The van der Waals surface area contributed by atoms with Crippen molar-refractivity contribution in [3.05, 3.63) is 16.4 Å². The molecule has 8 nitrogen and oxygen atoms in total. The molecule has 1 aliphatic carbocycles. The number of hydrogen-bond acceptors (Lipinski definition) is 7. The Balaban J connectivity index is 2.24. The molecule has 8 heteroatoms. The summed E-state index contributed by atoms with van der Waals surface area (Å²) in [7, 11) is 1.81. The summed E-state index contributed by atoms with van der Waals surface area (Å²) in [5.41, 5.74) is 2.07. The van der Waals surface area contributed by atoms with E-state index in [9.17, 15) is 10.1 Å². The maximum Gasteiger partial charge on any atom is 0.354 e. The van der Waals surface area contributed by atoms with E-state index in [1.54, 1.807) is 0 Å². The minimum absolute atomic E-state index is 0.0354. The summed E-state index contributed by atoms with van der Waals surface area (Å²) in [6, 6.07) is 0. The Morgan fingerprint density at radius 1 is 1.53 bits per heavy atom. The summed E-state index contributed by atoms with van der Waals surface area (Å²) in [5, 5.41) is 11.1. The molecule has 0 aliphatic heterocycles. The fourth-order valence-corrected chi connectivity index (χ4v) is 2.59. The highest BCUT2D eigenvalue weighted by atomic mass is 16.6. The van der Waals surface area contributed by atoms with Gasteiger partial charge in [0.1, 0.15) is 6.33 Å². The molecule has 0 unspecified atom stereocenters. The normalized spacial score (nSPS) is 15.5. The number of hydrazine groups is 1. The zero-order valence-corrected chi connectivity index (χ0v) is 10.9. The summed E-state index contributed by atoms with van der Waals surface area (Å²) in [5.74, 6) is 6.18. The highest BCUT2D eigenvalue weighted by molar-refractivity contribution is 5.69. The second-order valence-corrected chi connectivity index (χ2v) is 4.83. The van der Waals surface area contributed by atoms with Gasteiger partial charge in [0, 0.05) is 13.6 Å². The van der Waals surface area contributed by atoms with Gasteiger partial charge in [-0.2, -0.15) is 0 Å². The van der Waals surface area contributed by atoms with Crippen molar-refractivity contribution >= 4 is 17.3 Å².